The molecule has 39 heavy (non-hydrogen) atoms. The topological polar surface area (TPSA) is 107 Å². The third-order valence-corrected chi connectivity index (χ3v) is 7.85. The Bertz CT molecular complexity index is 1640. The van der Waals surface area contributed by atoms with Gasteiger partial charge < -0.3 is 14.2 Å². The Morgan fingerprint density at radius 2 is 1.59 bits per heavy atom. The van der Waals surface area contributed by atoms with Crippen molar-refractivity contribution in [2.75, 3.05) is 32.2 Å². The van der Waals surface area contributed by atoms with Crippen LogP contribution in [-0.4, -0.2) is 48.4 Å². The molecule has 11 heteroatoms. The predicted molar refractivity (Wildman–Crippen MR) is 152 cm³/mol. The number of anilines is 1. The van der Waals surface area contributed by atoms with Crippen molar-refractivity contribution >= 4 is 50.2 Å². The minimum Gasteiger partial charge on any atom is -0.495 e. The first-order chi connectivity index (χ1) is 18.8. The Morgan fingerprint density at radius 1 is 0.897 bits per heavy atom. The van der Waals surface area contributed by atoms with Gasteiger partial charge in [0.25, 0.3) is 15.9 Å². The first-order valence-corrected chi connectivity index (χ1v) is 13.5. The summed E-state index contributed by atoms with van der Waals surface area (Å²) in [4.78, 5) is 12.9. The molecule has 0 saturated carbocycles. The van der Waals surface area contributed by atoms with Crippen LogP contribution >= 0.6 is 11.6 Å². The summed E-state index contributed by atoms with van der Waals surface area (Å²) in [7, 11) is -0.0854. The van der Waals surface area contributed by atoms with E-state index in [0.29, 0.717) is 5.75 Å². The molecule has 4 aromatic carbocycles. The van der Waals surface area contributed by atoms with E-state index >= 15 is 0 Å². The molecule has 0 fully saturated rings. The van der Waals surface area contributed by atoms with Crippen molar-refractivity contribution in [1.29, 1.82) is 0 Å². The molecule has 0 radical (unpaired) electrons. The van der Waals surface area contributed by atoms with E-state index in [1.54, 1.807) is 6.07 Å². The molecule has 4 aromatic rings. The van der Waals surface area contributed by atoms with E-state index in [2.05, 4.69) is 10.5 Å². The third-order valence-electron chi connectivity index (χ3n) is 5.86. The molecular formula is C28H26ClN3O6S. The number of benzene rings is 4. The van der Waals surface area contributed by atoms with Crippen molar-refractivity contribution in [3.8, 4) is 17.2 Å². The standard InChI is InChI=1S/C28H26ClN3O6S/c1-36-25-13-11-21(29)15-24(25)32(39(34,35)22-12-14-26(37-2)27(16-22)38-3)18-28(33)31-30-17-20-9-6-8-19-7-4-5-10-23(19)20/h4-17H,18H2,1-3H3,(H,31,33)/b30-17-. The van der Waals surface area contributed by atoms with Crippen molar-refractivity contribution in [3.63, 3.8) is 0 Å². The van der Waals surface area contributed by atoms with Crippen LogP contribution in [0.25, 0.3) is 10.8 Å². The second kappa shape index (κ2) is 12.1. The second-order valence-corrected chi connectivity index (χ2v) is 10.5. The van der Waals surface area contributed by atoms with Crippen LogP contribution in [0.3, 0.4) is 0 Å². The number of hydrogen-bond acceptors (Lipinski definition) is 7. The number of ether oxygens (including phenoxy) is 3. The van der Waals surface area contributed by atoms with Gasteiger partial charge in [0.2, 0.25) is 0 Å². The normalized spacial score (nSPS) is 11.4. The number of fused-ring (bicyclic) bond motifs is 1. The van der Waals surface area contributed by atoms with Crippen molar-refractivity contribution < 1.29 is 27.4 Å². The van der Waals surface area contributed by atoms with Crippen LogP contribution < -0.4 is 23.9 Å². The average Bonchev–Trinajstić information content (AvgIpc) is 2.95. The van der Waals surface area contributed by atoms with E-state index in [9.17, 15) is 13.2 Å². The lowest BCUT2D eigenvalue weighted by atomic mass is 10.1. The van der Waals surface area contributed by atoms with E-state index in [-0.39, 0.29) is 27.1 Å². The molecule has 0 atom stereocenters. The SMILES string of the molecule is COc1ccc(S(=O)(=O)N(CC(=O)N/N=C\c2cccc3ccccc23)c2cc(Cl)ccc2OC)cc1OC. The molecule has 202 valence electrons. The van der Waals surface area contributed by atoms with Gasteiger partial charge in [-0.15, -0.1) is 0 Å². The molecule has 4 rings (SSSR count). The van der Waals surface area contributed by atoms with Gasteiger partial charge in [0, 0.05) is 16.7 Å². The number of hydrazone groups is 1. The number of sulfonamides is 1. The Morgan fingerprint density at radius 3 is 2.33 bits per heavy atom. The second-order valence-electron chi connectivity index (χ2n) is 8.21. The van der Waals surface area contributed by atoms with Crippen LogP contribution in [0.4, 0.5) is 5.69 Å². The maximum Gasteiger partial charge on any atom is 0.265 e. The Labute approximate surface area is 231 Å². The zero-order chi connectivity index (χ0) is 28.0. The first kappa shape index (κ1) is 27.7. The zero-order valence-corrected chi connectivity index (χ0v) is 23.0. The Balaban J connectivity index is 1.67. The quantitative estimate of drug-likeness (QED) is 0.217. The van der Waals surface area contributed by atoms with E-state index in [1.165, 1.54) is 57.9 Å². The summed E-state index contributed by atoms with van der Waals surface area (Å²) in [5.41, 5.74) is 3.29. The van der Waals surface area contributed by atoms with Crippen molar-refractivity contribution in [1.82, 2.24) is 5.43 Å². The maximum atomic E-state index is 13.9. The summed E-state index contributed by atoms with van der Waals surface area (Å²) in [5.74, 6) is 0.0812. The fourth-order valence-electron chi connectivity index (χ4n) is 3.96. The van der Waals surface area contributed by atoms with E-state index in [4.69, 9.17) is 25.8 Å². The summed E-state index contributed by atoms with van der Waals surface area (Å²) in [6.07, 6.45) is 1.51. The van der Waals surface area contributed by atoms with Crippen LogP contribution in [0.2, 0.25) is 5.02 Å². The van der Waals surface area contributed by atoms with Gasteiger partial charge in [-0.1, -0.05) is 54.1 Å². The molecular weight excluding hydrogens is 542 g/mol. The van der Waals surface area contributed by atoms with Crippen LogP contribution in [0.1, 0.15) is 5.56 Å². The summed E-state index contributed by atoms with van der Waals surface area (Å²) in [5, 5.41) is 6.30. The molecule has 0 saturated heterocycles. The van der Waals surface area contributed by atoms with Gasteiger partial charge in [-0.25, -0.2) is 13.8 Å². The number of halogens is 1. The van der Waals surface area contributed by atoms with Crippen LogP contribution in [0, 0.1) is 0 Å². The van der Waals surface area contributed by atoms with Crippen molar-refractivity contribution in [2.45, 2.75) is 4.90 Å². The van der Waals surface area contributed by atoms with Gasteiger partial charge in [0.05, 0.1) is 38.1 Å². The molecule has 0 spiro atoms. The highest BCUT2D eigenvalue weighted by molar-refractivity contribution is 7.92. The first-order valence-electron chi connectivity index (χ1n) is 11.7. The largest absolute Gasteiger partial charge is 0.495 e. The van der Waals surface area contributed by atoms with E-state index in [1.807, 2.05) is 42.5 Å². The molecule has 0 aromatic heterocycles. The van der Waals surface area contributed by atoms with Gasteiger partial charge in [-0.3, -0.25) is 9.10 Å². The van der Waals surface area contributed by atoms with Crippen molar-refractivity contribution in [2.24, 2.45) is 5.10 Å². The summed E-state index contributed by atoms with van der Waals surface area (Å²) < 4.78 is 44.5. The number of amides is 1. The Hall–Kier alpha value is -4.28. The maximum absolute atomic E-state index is 13.9. The third kappa shape index (κ3) is 6.08. The predicted octanol–water partition coefficient (Wildman–Crippen LogP) is 4.86. The van der Waals surface area contributed by atoms with Gasteiger partial charge >= 0.3 is 0 Å². The lowest BCUT2D eigenvalue weighted by molar-refractivity contribution is -0.119. The van der Waals surface area contributed by atoms with Crippen LogP contribution in [0.5, 0.6) is 17.2 Å². The smallest absolute Gasteiger partial charge is 0.265 e. The van der Waals surface area contributed by atoms with Crippen LogP contribution in [-0.2, 0) is 14.8 Å². The molecule has 9 nitrogen and oxygen atoms in total. The molecule has 0 aliphatic heterocycles. The monoisotopic (exact) mass is 567 g/mol. The molecule has 0 heterocycles. The van der Waals surface area contributed by atoms with Crippen molar-refractivity contribution in [3.05, 3.63) is 89.4 Å². The lowest BCUT2D eigenvalue weighted by Crippen LogP contribution is -2.39. The summed E-state index contributed by atoms with van der Waals surface area (Å²) >= 11 is 6.20. The number of rotatable bonds is 10. The number of hydrogen-bond donors (Lipinski definition) is 1. The zero-order valence-electron chi connectivity index (χ0n) is 21.4. The highest BCUT2D eigenvalue weighted by Gasteiger charge is 2.30. The lowest BCUT2D eigenvalue weighted by Gasteiger charge is -2.25. The molecule has 0 unspecified atom stereocenters. The fraction of sp³-hybridized carbons (Fsp3) is 0.143. The van der Waals surface area contributed by atoms with Gasteiger partial charge in [0.1, 0.15) is 12.3 Å². The number of methoxy groups -OCH3 is 3. The number of carbonyl (C=O) groups is 1. The highest BCUT2D eigenvalue weighted by Crippen LogP contribution is 2.37. The fourth-order valence-corrected chi connectivity index (χ4v) is 5.57. The van der Waals surface area contributed by atoms with Gasteiger partial charge in [0.15, 0.2) is 11.5 Å². The summed E-state index contributed by atoms with van der Waals surface area (Å²) in [6.45, 7) is -0.611. The Kier molecular flexibility index (Phi) is 8.58. The minimum atomic E-state index is -4.32. The molecule has 1 amide bonds. The number of nitrogens with zero attached hydrogens (tertiary/aromatic N) is 2. The molecule has 0 bridgehead atoms. The summed E-state index contributed by atoms with van der Waals surface area (Å²) in [6, 6.07) is 22.1. The van der Waals surface area contributed by atoms with Gasteiger partial charge in [-0.2, -0.15) is 5.10 Å². The average molecular weight is 568 g/mol. The minimum absolute atomic E-state index is 0.0768. The molecule has 1 N–H and O–H groups in total. The molecule has 0 aliphatic rings. The van der Waals surface area contributed by atoms with Gasteiger partial charge in [-0.05, 0) is 41.1 Å². The van der Waals surface area contributed by atoms with E-state index < -0.39 is 22.5 Å². The number of carbonyl (C=O) groups excluding carboxylic acids is 1. The number of nitrogens with one attached hydrogen (secondary N) is 1. The van der Waals surface area contributed by atoms with Crippen LogP contribution in [0.15, 0.2) is 88.9 Å². The molecule has 0 aliphatic carbocycles. The highest BCUT2D eigenvalue weighted by atomic mass is 35.5. The van der Waals surface area contributed by atoms with E-state index in [0.717, 1.165) is 20.6 Å².